The van der Waals surface area contributed by atoms with Crippen LogP contribution in [0.3, 0.4) is 0 Å². The second-order valence-corrected chi connectivity index (χ2v) is 9.19. The molecule has 0 spiro atoms. The number of rotatable bonds is 13. The molecule has 0 bridgehead atoms. The van der Waals surface area contributed by atoms with Gasteiger partial charge in [0.25, 0.3) is 0 Å². The first-order chi connectivity index (χ1) is 16.8. The largest absolute Gasteiger partial charge is 0.497 e. The van der Waals surface area contributed by atoms with Crippen molar-refractivity contribution >= 4 is 0 Å². The van der Waals surface area contributed by atoms with E-state index < -0.39 is 6.10 Å². The molecule has 0 unspecified atom stereocenters. The molecule has 0 aliphatic rings. The van der Waals surface area contributed by atoms with Crippen LogP contribution >= 0.6 is 0 Å². The Kier molecular flexibility index (Phi) is 9.72. The molecule has 0 saturated heterocycles. The fourth-order valence-electron chi connectivity index (χ4n) is 3.91. The topological polar surface area (TPSA) is 69.0 Å². The summed E-state index contributed by atoms with van der Waals surface area (Å²) in [5.41, 5.74) is 2.87. The highest BCUT2D eigenvalue weighted by Gasteiger charge is 2.26. The van der Waals surface area contributed by atoms with Crippen LogP contribution in [0.2, 0.25) is 0 Å². The Hall–Kier alpha value is -2.87. The summed E-state index contributed by atoms with van der Waals surface area (Å²) in [6.45, 7) is 12.5. The standard InChI is InChI=1S/C28H39N3O4/c1-7-34-19-23(32)17-30(21(4)5)18-26-27(20(2)3)29-31(22-13-15-24(33-6)16-14-22)28(26)35-25-11-9-8-10-12-25/h8-16,20-21,23,32H,7,17-19H2,1-6H3/t23-/m1/s1. The molecular formula is C28H39N3O4. The van der Waals surface area contributed by atoms with E-state index >= 15 is 0 Å². The molecule has 1 atom stereocenters. The average Bonchev–Trinajstić information content (AvgIpc) is 3.21. The highest BCUT2D eigenvalue weighted by Crippen LogP contribution is 2.35. The van der Waals surface area contributed by atoms with Gasteiger partial charge in [-0.25, -0.2) is 4.68 Å². The lowest BCUT2D eigenvalue weighted by molar-refractivity contribution is 0.0131. The van der Waals surface area contributed by atoms with Crippen molar-refractivity contribution in [2.24, 2.45) is 0 Å². The van der Waals surface area contributed by atoms with Crippen LogP contribution in [-0.4, -0.2) is 58.8 Å². The van der Waals surface area contributed by atoms with Gasteiger partial charge in [0.2, 0.25) is 5.88 Å². The Bertz CT molecular complexity index is 1030. The molecular weight excluding hydrogens is 442 g/mol. The average molecular weight is 482 g/mol. The van der Waals surface area contributed by atoms with Crippen LogP contribution in [0.25, 0.3) is 5.69 Å². The van der Waals surface area contributed by atoms with Crippen molar-refractivity contribution in [2.45, 2.75) is 59.2 Å². The normalized spacial score (nSPS) is 12.5. The summed E-state index contributed by atoms with van der Waals surface area (Å²) in [4.78, 5) is 2.24. The lowest BCUT2D eigenvalue weighted by Crippen LogP contribution is -2.39. The molecule has 3 rings (SSSR count). The molecule has 3 aromatic rings. The van der Waals surface area contributed by atoms with Gasteiger partial charge in [-0.1, -0.05) is 32.0 Å². The van der Waals surface area contributed by atoms with Crippen LogP contribution in [0.4, 0.5) is 0 Å². The van der Waals surface area contributed by atoms with E-state index in [1.165, 1.54) is 0 Å². The number of ether oxygens (including phenoxy) is 3. The maximum absolute atomic E-state index is 10.6. The molecule has 0 aliphatic heterocycles. The second-order valence-electron chi connectivity index (χ2n) is 9.19. The Morgan fingerprint density at radius 2 is 1.66 bits per heavy atom. The van der Waals surface area contributed by atoms with Crippen molar-refractivity contribution in [3.05, 3.63) is 65.9 Å². The summed E-state index contributed by atoms with van der Waals surface area (Å²) in [6.07, 6.45) is -0.574. The molecule has 2 aromatic carbocycles. The van der Waals surface area contributed by atoms with Crippen molar-refractivity contribution in [2.75, 3.05) is 26.9 Å². The van der Waals surface area contributed by atoms with E-state index in [4.69, 9.17) is 19.3 Å². The van der Waals surface area contributed by atoms with Gasteiger partial charge in [0, 0.05) is 25.7 Å². The molecule has 1 aromatic heterocycles. The number of hydrogen-bond acceptors (Lipinski definition) is 6. The maximum atomic E-state index is 10.6. The minimum Gasteiger partial charge on any atom is -0.497 e. The Balaban J connectivity index is 2.06. The Morgan fingerprint density at radius 3 is 2.23 bits per heavy atom. The minimum absolute atomic E-state index is 0.185. The van der Waals surface area contributed by atoms with Gasteiger partial charge in [-0.3, -0.25) is 4.90 Å². The third-order valence-corrected chi connectivity index (χ3v) is 5.84. The monoisotopic (exact) mass is 481 g/mol. The third-order valence-electron chi connectivity index (χ3n) is 5.84. The van der Waals surface area contributed by atoms with Crippen LogP contribution in [0, 0.1) is 0 Å². The molecule has 0 fully saturated rings. The van der Waals surface area contributed by atoms with Gasteiger partial charge in [0.1, 0.15) is 11.5 Å². The number of benzene rings is 2. The van der Waals surface area contributed by atoms with Gasteiger partial charge in [0.05, 0.1) is 36.8 Å². The highest BCUT2D eigenvalue weighted by atomic mass is 16.5. The summed E-state index contributed by atoms with van der Waals surface area (Å²) in [5, 5.41) is 15.6. The summed E-state index contributed by atoms with van der Waals surface area (Å²) < 4.78 is 19.1. The van der Waals surface area contributed by atoms with Gasteiger partial charge < -0.3 is 19.3 Å². The zero-order chi connectivity index (χ0) is 25.4. The molecule has 0 amide bonds. The highest BCUT2D eigenvalue weighted by molar-refractivity contribution is 5.46. The summed E-state index contributed by atoms with van der Waals surface area (Å²) in [6, 6.07) is 17.8. The van der Waals surface area contributed by atoms with Crippen LogP contribution in [0.5, 0.6) is 17.4 Å². The Morgan fingerprint density at radius 1 is 0.971 bits per heavy atom. The van der Waals surface area contributed by atoms with Crippen LogP contribution in [0.15, 0.2) is 54.6 Å². The van der Waals surface area contributed by atoms with Crippen molar-refractivity contribution in [3.8, 4) is 23.1 Å². The number of nitrogens with zero attached hydrogens (tertiary/aromatic N) is 3. The SMILES string of the molecule is CCOC[C@H](O)CN(Cc1c(C(C)C)nn(-c2ccc(OC)cc2)c1Oc1ccccc1)C(C)C. The summed E-state index contributed by atoms with van der Waals surface area (Å²) in [7, 11) is 1.66. The maximum Gasteiger partial charge on any atom is 0.227 e. The van der Waals surface area contributed by atoms with Crippen LogP contribution in [-0.2, 0) is 11.3 Å². The van der Waals surface area contributed by atoms with Gasteiger partial charge in [-0.05, 0) is 63.1 Å². The van der Waals surface area contributed by atoms with Crippen LogP contribution in [0.1, 0.15) is 51.8 Å². The van der Waals surface area contributed by atoms with E-state index in [-0.39, 0.29) is 12.0 Å². The lowest BCUT2D eigenvalue weighted by Gasteiger charge is -2.29. The summed E-state index contributed by atoms with van der Waals surface area (Å²) >= 11 is 0. The molecule has 1 N–H and O–H groups in total. The van der Waals surface area contributed by atoms with Crippen LogP contribution < -0.4 is 9.47 Å². The number of methoxy groups -OCH3 is 1. The number of aromatic nitrogens is 2. The molecule has 7 heteroatoms. The number of para-hydroxylation sites is 1. The van der Waals surface area contributed by atoms with Gasteiger partial charge in [0.15, 0.2) is 0 Å². The van der Waals surface area contributed by atoms with Crippen molar-refractivity contribution < 1.29 is 19.3 Å². The van der Waals surface area contributed by atoms with Crippen molar-refractivity contribution in [1.82, 2.24) is 14.7 Å². The lowest BCUT2D eigenvalue weighted by atomic mass is 10.0. The van der Waals surface area contributed by atoms with E-state index in [1.54, 1.807) is 7.11 Å². The third kappa shape index (κ3) is 7.07. The fourth-order valence-corrected chi connectivity index (χ4v) is 3.91. The van der Waals surface area contributed by atoms with E-state index in [9.17, 15) is 5.11 Å². The zero-order valence-electron chi connectivity index (χ0n) is 21.8. The molecule has 7 nitrogen and oxygen atoms in total. The molecule has 0 radical (unpaired) electrons. The predicted octanol–water partition coefficient (Wildman–Crippen LogP) is 5.40. The molecule has 0 aliphatic carbocycles. The predicted molar refractivity (Wildman–Crippen MR) is 139 cm³/mol. The van der Waals surface area contributed by atoms with E-state index in [0.29, 0.717) is 32.2 Å². The Labute approximate surface area is 209 Å². The van der Waals surface area contributed by atoms with Gasteiger partial charge >= 0.3 is 0 Å². The molecule has 190 valence electrons. The smallest absolute Gasteiger partial charge is 0.227 e. The van der Waals surface area contributed by atoms with E-state index in [2.05, 4.69) is 32.6 Å². The quantitative estimate of drug-likeness (QED) is 0.352. The first kappa shape index (κ1) is 26.7. The van der Waals surface area contributed by atoms with Crippen molar-refractivity contribution in [3.63, 3.8) is 0 Å². The second kappa shape index (κ2) is 12.7. The molecule has 0 saturated carbocycles. The number of hydrogen-bond donors (Lipinski definition) is 1. The first-order valence-electron chi connectivity index (χ1n) is 12.3. The fraction of sp³-hybridized carbons (Fsp3) is 0.464. The zero-order valence-corrected chi connectivity index (χ0v) is 21.8. The van der Waals surface area contributed by atoms with Gasteiger partial charge in [-0.15, -0.1) is 0 Å². The molecule has 1 heterocycles. The molecule has 35 heavy (non-hydrogen) atoms. The number of aliphatic hydroxyl groups excluding tert-OH is 1. The van der Waals surface area contributed by atoms with E-state index in [1.807, 2.05) is 66.2 Å². The first-order valence-corrected chi connectivity index (χ1v) is 12.3. The minimum atomic E-state index is -0.574. The van der Waals surface area contributed by atoms with Crippen molar-refractivity contribution in [1.29, 1.82) is 0 Å². The number of aliphatic hydroxyl groups is 1. The summed E-state index contributed by atoms with van der Waals surface area (Å²) in [5.74, 6) is 2.39. The van der Waals surface area contributed by atoms with Gasteiger partial charge in [-0.2, -0.15) is 5.10 Å². The van der Waals surface area contributed by atoms with E-state index in [0.717, 1.165) is 28.4 Å².